The first kappa shape index (κ1) is 17.0. The molecule has 19 heavy (non-hydrogen) atoms. The van der Waals surface area contributed by atoms with Gasteiger partial charge >= 0.3 is 11.9 Å². The van der Waals surface area contributed by atoms with Crippen molar-refractivity contribution in [3.63, 3.8) is 0 Å². The Balaban J connectivity index is 4.15. The van der Waals surface area contributed by atoms with Crippen molar-refractivity contribution < 1.29 is 19.1 Å². The van der Waals surface area contributed by atoms with Crippen molar-refractivity contribution in [3.8, 4) is 0 Å². The van der Waals surface area contributed by atoms with Crippen LogP contribution in [0.1, 0.15) is 20.8 Å². The summed E-state index contributed by atoms with van der Waals surface area (Å²) in [6, 6.07) is 0.0851. The third-order valence-electron chi connectivity index (χ3n) is 2.23. The summed E-state index contributed by atoms with van der Waals surface area (Å²) in [6.07, 6.45) is 2.76. The number of nitrogens with one attached hydrogen (secondary N) is 2. The largest absolute Gasteiger partial charge is 0.466 e. The minimum atomic E-state index is -0.396. The van der Waals surface area contributed by atoms with Gasteiger partial charge in [0.25, 0.3) is 0 Å². The molecule has 0 heterocycles. The lowest BCUT2D eigenvalue weighted by Crippen LogP contribution is -2.35. The third-order valence-corrected chi connectivity index (χ3v) is 2.23. The molecule has 0 unspecified atom stereocenters. The van der Waals surface area contributed by atoms with Crippen molar-refractivity contribution in [2.24, 2.45) is 0 Å². The van der Waals surface area contributed by atoms with Crippen molar-refractivity contribution in [1.29, 1.82) is 0 Å². The second kappa shape index (κ2) is 9.02. The molecule has 0 aromatic carbocycles. The average molecular weight is 270 g/mol. The van der Waals surface area contributed by atoms with Crippen molar-refractivity contribution in [1.82, 2.24) is 10.6 Å². The van der Waals surface area contributed by atoms with E-state index in [0.717, 1.165) is 11.4 Å². The van der Waals surface area contributed by atoms with Crippen molar-refractivity contribution >= 4 is 11.9 Å². The van der Waals surface area contributed by atoms with Crippen LogP contribution in [0.5, 0.6) is 0 Å². The maximum Gasteiger partial charge on any atom is 0.332 e. The predicted octanol–water partition coefficient (Wildman–Crippen LogP) is 0.708. The van der Waals surface area contributed by atoms with Crippen LogP contribution in [0.15, 0.2) is 23.5 Å². The van der Waals surface area contributed by atoms with Gasteiger partial charge in [-0.25, -0.2) is 9.59 Å². The Hall–Kier alpha value is -1.98. The number of carbonyl (C=O) groups excluding carboxylic acids is 2. The minimum absolute atomic E-state index is 0.0851. The Labute approximate surface area is 113 Å². The second-order valence-electron chi connectivity index (χ2n) is 4.13. The normalized spacial score (nSPS) is 13.5. The summed E-state index contributed by atoms with van der Waals surface area (Å²) < 4.78 is 9.04. The van der Waals surface area contributed by atoms with Crippen LogP contribution in [-0.2, 0) is 19.1 Å². The number of hydrogen-bond acceptors (Lipinski definition) is 6. The Kier molecular flexibility index (Phi) is 8.08. The van der Waals surface area contributed by atoms with Gasteiger partial charge in [-0.05, 0) is 20.8 Å². The van der Waals surface area contributed by atoms with Crippen molar-refractivity contribution in [2.45, 2.75) is 26.8 Å². The highest BCUT2D eigenvalue weighted by Crippen LogP contribution is 1.94. The molecule has 1 atom stereocenters. The molecule has 0 aliphatic rings. The summed E-state index contributed by atoms with van der Waals surface area (Å²) in [4.78, 5) is 22.0. The molecular formula is C13H22N2O4. The molecular weight excluding hydrogens is 248 g/mol. The Morgan fingerprint density at radius 3 is 2.00 bits per heavy atom. The van der Waals surface area contributed by atoms with Crippen LogP contribution in [-0.4, -0.2) is 38.7 Å². The fourth-order valence-electron chi connectivity index (χ4n) is 1.32. The Morgan fingerprint density at radius 2 is 1.53 bits per heavy atom. The molecule has 0 spiro atoms. The molecule has 0 radical (unpaired) electrons. The van der Waals surface area contributed by atoms with E-state index in [4.69, 9.17) is 0 Å². The maximum absolute atomic E-state index is 11.0. The van der Waals surface area contributed by atoms with Gasteiger partial charge in [0.15, 0.2) is 0 Å². The smallest absolute Gasteiger partial charge is 0.332 e. The molecule has 2 N–H and O–H groups in total. The van der Waals surface area contributed by atoms with Gasteiger partial charge < -0.3 is 20.1 Å². The number of allylic oxidation sites excluding steroid dienone is 2. The summed E-state index contributed by atoms with van der Waals surface area (Å²) in [5, 5.41) is 6.20. The van der Waals surface area contributed by atoms with E-state index >= 15 is 0 Å². The molecule has 0 aliphatic heterocycles. The number of methoxy groups -OCH3 is 2. The lowest BCUT2D eigenvalue weighted by Gasteiger charge is -2.17. The highest BCUT2D eigenvalue weighted by molar-refractivity contribution is 5.82. The zero-order valence-electron chi connectivity index (χ0n) is 12.1. The topological polar surface area (TPSA) is 76.7 Å². The van der Waals surface area contributed by atoms with E-state index in [-0.39, 0.29) is 6.04 Å². The van der Waals surface area contributed by atoms with Crippen LogP contribution in [0, 0.1) is 0 Å². The highest BCUT2D eigenvalue weighted by Gasteiger charge is 2.04. The van der Waals surface area contributed by atoms with E-state index in [1.165, 1.54) is 26.4 Å². The summed E-state index contributed by atoms with van der Waals surface area (Å²) in [5.41, 5.74) is 1.44. The van der Waals surface area contributed by atoms with Crippen LogP contribution in [0.2, 0.25) is 0 Å². The van der Waals surface area contributed by atoms with Gasteiger partial charge in [-0.1, -0.05) is 0 Å². The molecule has 108 valence electrons. The van der Waals surface area contributed by atoms with Gasteiger partial charge in [0.05, 0.1) is 14.2 Å². The van der Waals surface area contributed by atoms with E-state index in [1.54, 1.807) is 13.8 Å². The molecule has 0 saturated carbocycles. The zero-order valence-corrected chi connectivity index (χ0v) is 12.1. The lowest BCUT2D eigenvalue weighted by atomic mass is 10.3. The molecule has 0 saturated heterocycles. The molecule has 6 heteroatoms. The van der Waals surface area contributed by atoms with E-state index in [0.29, 0.717) is 6.54 Å². The monoisotopic (exact) mass is 270 g/mol. The third kappa shape index (κ3) is 8.70. The maximum atomic E-state index is 11.0. The fourth-order valence-corrected chi connectivity index (χ4v) is 1.32. The standard InChI is InChI=1S/C13H22N2O4/c1-9(6-12(16)18-4)14-8-11(3)15-10(2)7-13(17)19-5/h6-7,11,14-15H,8H2,1-5H3/b9-6-,10-7-/t11-/m1/s1. The van der Waals surface area contributed by atoms with E-state index < -0.39 is 11.9 Å². The summed E-state index contributed by atoms with van der Waals surface area (Å²) in [7, 11) is 2.66. The van der Waals surface area contributed by atoms with Gasteiger partial charge in [-0.15, -0.1) is 0 Å². The molecule has 0 aromatic heterocycles. The molecule has 6 nitrogen and oxygen atoms in total. The van der Waals surface area contributed by atoms with Gasteiger partial charge in [0, 0.05) is 36.1 Å². The van der Waals surface area contributed by atoms with E-state index in [9.17, 15) is 9.59 Å². The van der Waals surface area contributed by atoms with Gasteiger partial charge in [0.2, 0.25) is 0 Å². The van der Waals surface area contributed by atoms with Crippen LogP contribution >= 0.6 is 0 Å². The molecule has 0 fully saturated rings. The molecule has 0 rings (SSSR count). The molecule has 0 bridgehead atoms. The number of esters is 2. The first-order chi connectivity index (χ1) is 8.88. The van der Waals surface area contributed by atoms with Crippen LogP contribution in [0.25, 0.3) is 0 Å². The van der Waals surface area contributed by atoms with Crippen LogP contribution in [0.4, 0.5) is 0 Å². The van der Waals surface area contributed by atoms with E-state index in [1.807, 2.05) is 6.92 Å². The van der Waals surface area contributed by atoms with Gasteiger partial charge in [-0.3, -0.25) is 0 Å². The first-order valence-electron chi connectivity index (χ1n) is 5.92. The minimum Gasteiger partial charge on any atom is -0.466 e. The van der Waals surface area contributed by atoms with Gasteiger partial charge in [0.1, 0.15) is 0 Å². The predicted molar refractivity (Wildman–Crippen MR) is 72.1 cm³/mol. The molecule has 0 aromatic rings. The van der Waals surface area contributed by atoms with Gasteiger partial charge in [-0.2, -0.15) is 0 Å². The first-order valence-corrected chi connectivity index (χ1v) is 5.92. The highest BCUT2D eigenvalue weighted by atomic mass is 16.5. The Morgan fingerprint density at radius 1 is 1.05 bits per heavy atom. The molecule has 0 amide bonds. The number of carbonyl (C=O) groups is 2. The summed E-state index contributed by atoms with van der Waals surface area (Å²) in [5.74, 6) is -0.792. The average Bonchev–Trinajstić information content (AvgIpc) is 2.35. The lowest BCUT2D eigenvalue weighted by molar-refractivity contribution is -0.135. The number of ether oxygens (including phenoxy) is 2. The zero-order chi connectivity index (χ0) is 14.8. The number of hydrogen-bond donors (Lipinski definition) is 2. The molecule has 0 aliphatic carbocycles. The van der Waals surface area contributed by atoms with Crippen LogP contribution in [0.3, 0.4) is 0 Å². The second-order valence-corrected chi connectivity index (χ2v) is 4.13. The quantitative estimate of drug-likeness (QED) is 0.524. The fraction of sp³-hybridized carbons (Fsp3) is 0.538. The Bertz CT molecular complexity index is 375. The van der Waals surface area contributed by atoms with Crippen LogP contribution < -0.4 is 10.6 Å². The van der Waals surface area contributed by atoms with Crippen molar-refractivity contribution in [3.05, 3.63) is 23.5 Å². The summed E-state index contributed by atoms with van der Waals surface area (Å²) in [6.45, 7) is 6.12. The SMILES string of the molecule is COC(=O)/C=C(/C)NC[C@@H](C)N/C(C)=C\C(=O)OC. The van der Waals surface area contributed by atoms with E-state index in [2.05, 4.69) is 20.1 Å². The summed E-state index contributed by atoms with van der Waals surface area (Å²) >= 11 is 0. The number of rotatable bonds is 7. The van der Waals surface area contributed by atoms with Crippen molar-refractivity contribution in [2.75, 3.05) is 20.8 Å².